The van der Waals surface area contributed by atoms with Crippen molar-refractivity contribution in [3.8, 4) is 5.75 Å². The third kappa shape index (κ3) is 3.47. The molecule has 0 aromatic heterocycles. The number of unbranched alkanes of at least 4 members (excludes halogenated alkanes) is 1. The van der Waals surface area contributed by atoms with Crippen LogP contribution in [0.1, 0.15) is 31.4 Å². The standard InChI is InChI=1S/C14H21NO3/c1-4-5-10-15(2)13(14(16)17)11-8-6-7-9-12(11)18-3/h6-9,13H,4-5,10H2,1-3H3,(H,16,17). The highest BCUT2D eigenvalue weighted by molar-refractivity contribution is 5.76. The summed E-state index contributed by atoms with van der Waals surface area (Å²) < 4.78 is 5.24. The van der Waals surface area contributed by atoms with Gasteiger partial charge < -0.3 is 9.84 Å². The Hall–Kier alpha value is -1.55. The van der Waals surface area contributed by atoms with E-state index < -0.39 is 12.0 Å². The van der Waals surface area contributed by atoms with E-state index in [1.54, 1.807) is 19.2 Å². The number of carboxylic acids is 1. The lowest BCUT2D eigenvalue weighted by Gasteiger charge is -2.26. The topological polar surface area (TPSA) is 49.8 Å². The average molecular weight is 251 g/mol. The van der Waals surface area contributed by atoms with E-state index in [-0.39, 0.29) is 0 Å². The van der Waals surface area contributed by atoms with Crippen LogP contribution in [0.3, 0.4) is 0 Å². The Morgan fingerprint density at radius 3 is 2.67 bits per heavy atom. The van der Waals surface area contributed by atoms with Gasteiger partial charge >= 0.3 is 5.97 Å². The van der Waals surface area contributed by atoms with Crippen molar-refractivity contribution in [1.82, 2.24) is 4.90 Å². The Morgan fingerprint density at radius 1 is 1.44 bits per heavy atom. The molecule has 1 N–H and O–H groups in total. The maximum Gasteiger partial charge on any atom is 0.325 e. The van der Waals surface area contributed by atoms with Crippen molar-refractivity contribution < 1.29 is 14.6 Å². The fourth-order valence-corrected chi connectivity index (χ4v) is 1.99. The molecular weight excluding hydrogens is 230 g/mol. The minimum Gasteiger partial charge on any atom is -0.496 e. The van der Waals surface area contributed by atoms with Gasteiger partial charge in [0.25, 0.3) is 0 Å². The summed E-state index contributed by atoms with van der Waals surface area (Å²) in [6, 6.07) is 6.61. The zero-order valence-electron chi connectivity index (χ0n) is 11.2. The number of para-hydroxylation sites is 1. The highest BCUT2D eigenvalue weighted by atomic mass is 16.5. The molecule has 18 heavy (non-hydrogen) atoms. The maximum atomic E-state index is 11.5. The molecular formula is C14H21NO3. The minimum absolute atomic E-state index is 0.619. The number of carboxylic acid groups (broad SMARTS) is 1. The van der Waals surface area contributed by atoms with Crippen LogP contribution in [0, 0.1) is 0 Å². The van der Waals surface area contributed by atoms with Gasteiger partial charge in [-0.3, -0.25) is 9.69 Å². The van der Waals surface area contributed by atoms with Crippen molar-refractivity contribution in [3.05, 3.63) is 29.8 Å². The Kier molecular flexibility index (Phi) is 5.65. The van der Waals surface area contributed by atoms with Crippen molar-refractivity contribution in [1.29, 1.82) is 0 Å². The van der Waals surface area contributed by atoms with E-state index in [1.807, 2.05) is 24.1 Å². The number of carbonyl (C=O) groups is 1. The monoisotopic (exact) mass is 251 g/mol. The van der Waals surface area contributed by atoms with Crippen LogP contribution >= 0.6 is 0 Å². The van der Waals surface area contributed by atoms with E-state index in [0.717, 1.165) is 19.4 Å². The van der Waals surface area contributed by atoms with E-state index >= 15 is 0 Å². The van der Waals surface area contributed by atoms with Crippen molar-refractivity contribution in [2.24, 2.45) is 0 Å². The molecule has 1 aromatic rings. The molecule has 0 fully saturated rings. The predicted molar refractivity (Wildman–Crippen MR) is 70.9 cm³/mol. The van der Waals surface area contributed by atoms with Gasteiger partial charge in [-0.15, -0.1) is 0 Å². The molecule has 4 nitrogen and oxygen atoms in total. The van der Waals surface area contributed by atoms with Gasteiger partial charge in [0.05, 0.1) is 7.11 Å². The van der Waals surface area contributed by atoms with E-state index in [1.165, 1.54) is 0 Å². The summed E-state index contributed by atoms with van der Waals surface area (Å²) in [7, 11) is 3.39. The van der Waals surface area contributed by atoms with Gasteiger partial charge in [-0.2, -0.15) is 0 Å². The number of nitrogens with zero attached hydrogens (tertiary/aromatic N) is 1. The summed E-state index contributed by atoms with van der Waals surface area (Å²) >= 11 is 0. The number of ether oxygens (including phenoxy) is 1. The van der Waals surface area contributed by atoms with Crippen molar-refractivity contribution >= 4 is 5.97 Å². The lowest BCUT2D eigenvalue weighted by molar-refractivity contribution is -0.143. The summed E-state index contributed by atoms with van der Waals surface area (Å²) in [6.45, 7) is 2.85. The molecule has 0 spiro atoms. The molecule has 0 heterocycles. The molecule has 0 amide bonds. The lowest BCUT2D eigenvalue weighted by Crippen LogP contribution is -2.31. The van der Waals surface area contributed by atoms with E-state index in [0.29, 0.717) is 11.3 Å². The number of hydrogen-bond acceptors (Lipinski definition) is 3. The smallest absolute Gasteiger partial charge is 0.325 e. The molecule has 1 rings (SSSR count). The van der Waals surface area contributed by atoms with Crippen LogP contribution in [0.15, 0.2) is 24.3 Å². The molecule has 1 aromatic carbocycles. The van der Waals surface area contributed by atoms with Gasteiger partial charge in [-0.1, -0.05) is 31.5 Å². The number of aliphatic carboxylic acids is 1. The van der Waals surface area contributed by atoms with E-state index in [2.05, 4.69) is 6.92 Å². The van der Waals surface area contributed by atoms with Crippen molar-refractivity contribution in [2.75, 3.05) is 20.7 Å². The molecule has 0 radical (unpaired) electrons. The van der Waals surface area contributed by atoms with Crippen LogP contribution in [-0.2, 0) is 4.79 Å². The molecule has 0 saturated heterocycles. The SMILES string of the molecule is CCCCN(C)C(C(=O)O)c1ccccc1OC. The first-order chi connectivity index (χ1) is 8.61. The zero-order chi connectivity index (χ0) is 13.5. The van der Waals surface area contributed by atoms with Crippen LogP contribution in [0.25, 0.3) is 0 Å². The molecule has 100 valence electrons. The normalized spacial score (nSPS) is 12.4. The van der Waals surface area contributed by atoms with Crippen LogP contribution in [0.4, 0.5) is 0 Å². The van der Waals surface area contributed by atoms with E-state index in [4.69, 9.17) is 4.74 Å². The second-order valence-corrected chi connectivity index (χ2v) is 4.32. The molecule has 0 aliphatic rings. The Bertz CT molecular complexity index is 392. The summed E-state index contributed by atoms with van der Waals surface area (Å²) in [5, 5.41) is 9.42. The fraction of sp³-hybridized carbons (Fsp3) is 0.500. The quantitative estimate of drug-likeness (QED) is 0.809. The summed E-state index contributed by atoms with van der Waals surface area (Å²) in [6.07, 6.45) is 2.03. The maximum absolute atomic E-state index is 11.5. The number of benzene rings is 1. The molecule has 0 aliphatic heterocycles. The first kappa shape index (κ1) is 14.5. The van der Waals surface area contributed by atoms with Gasteiger partial charge in [0, 0.05) is 5.56 Å². The van der Waals surface area contributed by atoms with Crippen LogP contribution in [0.2, 0.25) is 0 Å². The fourth-order valence-electron chi connectivity index (χ4n) is 1.99. The number of hydrogen-bond donors (Lipinski definition) is 1. The van der Waals surface area contributed by atoms with Crippen molar-refractivity contribution in [3.63, 3.8) is 0 Å². The van der Waals surface area contributed by atoms with Crippen molar-refractivity contribution in [2.45, 2.75) is 25.8 Å². The zero-order valence-corrected chi connectivity index (χ0v) is 11.2. The second-order valence-electron chi connectivity index (χ2n) is 4.32. The molecule has 0 bridgehead atoms. The Balaban J connectivity index is 3.00. The highest BCUT2D eigenvalue weighted by Crippen LogP contribution is 2.28. The van der Waals surface area contributed by atoms with Gasteiger partial charge in [0.1, 0.15) is 11.8 Å². The molecule has 4 heteroatoms. The first-order valence-electron chi connectivity index (χ1n) is 6.17. The summed E-state index contributed by atoms with van der Waals surface area (Å²) in [5.41, 5.74) is 0.700. The predicted octanol–water partition coefficient (Wildman–Crippen LogP) is 2.55. The van der Waals surface area contributed by atoms with Gasteiger partial charge in [0.15, 0.2) is 0 Å². The average Bonchev–Trinajstić information content (AvgIpc) is 2.36. The van der Waals surface area contributed by atoms with E-state index in [9.17, 15) is 9.90 Å². The molecule has 0 saturated carbocycles. The van der Waals surface area contributed by atoms with Gasteiger partial charge in [-0.05, 0) is 26.1 Å². The number of rotatable bonds is 7. The number of likely N-dealkylation sites (N-methyl/N-ethyl adjacent to an activating group) is 1. The van der Waals surface area contributed by atoms with Crippen LogP contribution in [-0.4, -0.2) is 36.7 Å². The van der Waals surface area contributed by atoms with Crippen LogP contribution < -0.4 is 4.74 Å². The second kappa shape index (κ2) is 7.01. The summed E-state index contributed by atoms with van der Waals surface area (Å²) in [5.74, 6) is -0.230. The largest absolute Gasteiger partial charge is 0.496 e. The third-order valence-electron chi connectivity index (χ3n) is 2.97. The first-order valence-corrected chi connectivity index (χ1v) is 6.17. The summed E-state index contributed by atoms with van der Waals surface area (Å²) in [4.78, 5) is 13.3. The van der Waals surface area contributed by atoms with Gasteiger partial charge in [-0.25, -0.2) is 0 Å². The highest BCUT2D eigenvalue weighted by Gasteiger charge is 2.26. The number of methoxy groups -OCH3 is 1. The van der Waals surface area contributed by atoms with Crippen LogP contribution in [0.5, 0.6) is 5.75 Å². The molecule has 1 atom stereocenters. The molecule has 1 unspecified atom stereocenters. The Labute approximate surface area is 108 Å². The minimum atomic E-state index is -0.849. The molecule has 0 aliphatic carbocycles. The van der Waals surface area contributed by atoms with Gasteiger partial charge in [0.2, 0.25) is 0 Å². The third-order valence-corrected chi connectivity index (χ3v) is 2.97. The lowest BCUT2D eigenvalue weighted by atomic mass is 10.0. The Morgan fingerprint density at radius 2 is 2.11 bits per heavy atom.